The van der Waals surface area contributed by atoms with Gasteiger partial charge in [0.25, 0.3) is 5.91 Å². The molecule has 0 aliphatic heterocycles. The van der Waals surface area contributed by atoms with Gasteiger partial charge >= 0.3 is 0 Å². The maximum atomic E-state index is 11.6. The Balaban J connectivity index is 1.98. The fraction of sp³-hybridized carbons (Fsp3) is 0.500. The summed E-state index contributed by atoms with van der Waals surface area (Å²) in [4.78, 5) is 11.6. The van der Waals surface area contributed by atoms with Gasteiger partial charge in [0.05, 0.1) is 5.02 Å². The fourth-order valence-electron chi connectivity index (χ4n) is 1.86. The average molecular weight is 283 g/mol. The minimum Gasteiger partial charge on any atom is -0.482 e. The molecule has 0 heterocycles. The molecule has 0 radical (unpaired) electrons. The van der Waals surface area contributed by atoms with Gasteiger partial charge in [0.15, 0.2) is 6.61 Å². The largest absolute Gasteiger partial charge is 0.482 e. The molecule has 2 rings (SSSR count). The molecule has 4 nitrogen and oxygen atoms in total. The lowest BCUT2D eigenvalue weighted by atomic mass is 10.1. The smallest absolute Gasteiger partial charge is 0.258 e. The van der Waals surface area contributed by atoms with E-state index >= 15 is 0 Å². The first kappa shape index (κ1) is 14.2. The van der Waals surface area contributed by atoms with Crippen molar-refractivity contribution in [2.75, 3.05) is 6.61 Å². The standard InChI is InChI=1S/C14H19ClN2O2/c1-9(16)7-10-3-2-4-12(15)14(10)19-8-13(18)17-11-5-6-11/h2-4,9,11H,5-8,16H2,1H3,(H,17,18). The highest BCUT2D eigenvalue weighted by Crippen LogP contribution is 2.29. The van der Waals surface area contributed by atoms with E-state index < -0.39 is 0 Å². The summed E-state index contributed by atoms with van der Waals surface area (Å²) in [5.41, 5.74) is 6.73. The van der Waals surface area contributed by atoms with E-state index in [1.54, 1.807) is 6.07 Å². The first-order chi connectivity index (χ1) is 9.06. The second-order valence-corrected chi connectivity index (χ2v) is 5.45. The van der Waals surface area contributed by atoms with E-state index in [1.165, 1.54) is 0 Å². The van der Waals surface area contributed by atoms with Gasteiger partial charge in [-0.15, -0.1) is 0 Å². The minimum atomic E-state index is -0.103. The molecular formula is C14H19ClN2O2. The van der Waals surface area contributed by atoms with E-state index in [-0.39, 0.29) is 18.6 Å². The van der Waals surface area contributed by atoms with Crippen molar-refractivity contribution in [1.29, 1.82) is 0 Å². The molecule has 1 aliphatic carbocycles. The number of halogens is 1. The van der Waals surface area contributed by atoms with Crippen LogP contribution in [-0.4, -0.2) is 24.6 Å². The van der Waals surface area contributed by atoms with Crippen LogP contribution in [0.2, 0.25) is 5.02 Å². The predicted octanol–water partition coefficient (Wildman–Crippen LogP) is 1.89. The van der Waals surface area contributed by atoms with Crippen LogP contribution in [0.5, 0.6) is 5.75 Å². The summed E-state index contributed by atoms with van der Waals surface area (Å²) in [5, 5.41) is 3.38. The number of ether oxygens (including phenoxy) is 1. The zero-order valence-electron chi connectivity index (χ0n) is 11.0. The van der Waals surface area contributed by atoms with Gasteiger partial charge in [-0.1, -0.05) is 23.7 Å². The molecule has 3 N–H and O–H groups in total. The van der Waals surface area contributed by atoms with E-state index in [4.69, 9.17) is 22.1 Å². The quantitative estimate of drug-likeness (QED) is 0.837. The zero-order valence-corrected chi connectivity index (χ0v) is 11.7. The van der Waals surface area contributed by atoms with Crippen molar-refractivity contribution < 1.29 is 9.53 Å². The van der Waals surface area contributed by atoms with Crippen molar-refractivity contribution in [2.45, 2.75) is 38.3 Å². The third-order valence-electron chi connectivity index (χ3n) is 2.88. The molecule has 0 spiro atoms. The Kier molecular flexibility index (Phi) is 4.66. The van der Waals surface area contributed by atoms with Crippen molar-refractivity contribution in [3.8, 4) is 5.75 Å². The summed E-state index contributed by atoms with van der Waals surface area (Å²) < 4.78 is 5.56. The molecule has 0 bridgehead atoms. The third kappa shape index (κ3) is 4.40. The van der Waals surface area contributed by atoms with Crippen molar-refractivity contribution in [3.05, 3.63) is 28.8 Å². The lowest BCUT2D eigenvalue weighted by Crippen LogP contribution is -2.30. The van der Waals surface area contributed by atoms with Gasteiger partial charge in [-0.25, -0.2) is 0 Å². The molecule has 19 heavy (non-hydrogen) atoms. The maximum absolute atomic E-state index is 11.6. The normalized spacial score (nSPS) is 15.9. The molecule has 1 aliphatic rings. The van der Waals surface area contributed by atoms with Crippen LogP contribution < -0.4 is 15.8 Å². The van der Waals surface area contributed by atoms with Gasteiger partial charge in [-0.2, -0.15) is 0 Å². The topological polar surface area (TPSA) is 64.3 Å². The first-order valence-electron chi connectivity index (χ1n) is 6.51. The number of rotatable bonds is 6. The molecule has 1 atom stereocenters. The van der Waals surface area contributed by atoms with E-state index in [0.29, 0.717) is 23.2 Å². The Bertz CT molecular complexity index is 459. The van der Waals surface area contributed by atoms with Gasteiger partial charge in [-0.05, 0) is 37.8 Å². The van der Waals surface area contributed by atoms with Crippen LogP contribution in [0.4, 0.5) is 0 Å². The van der Waals surface area contributed by atoms with Crippen LogP contribution >= 0.6 is 11.6 Å². The number of benzene rings is 1. The molecule has 1 fully saturated rings. The number of para-hydroxylation sites is 1. The van der Waals surface area contributed by atoms with Crippen molar-refractivity contribution in [1.82, 2.24) is 5.32 Å². The first-order valence-corrected chi connectivity index (χ1v) is 6.89. The molecule has 1 aromatic rings. The average Bonchev–Trinajstić information content (AvgIpc) is 3.11. The third-order valence-corrected chi connectivity index (χ3v) is 3.18. The molecule has 0 saturated heterocycles. The molecule has 1 saturated carbocycles. The monoisotopic (exact) mass is 282 g/mol. The molecule has 1 unspecified atom stereocenters. The maximum Gasteiger partial charge on any atom is 0.258 e. The molecule has 104 valence electrons. The Labute approximate surface area is 118 Å². The highest BCUT2D eigenvalue weighted by Gasteiger charge is 2.23. The second-order valence-electron chi connectivity index (χ2n) is 5.04. The SMILES string of the molecule is CC(N)Cc1cccc(Cl)c1OCC(=O)NC1CC1. The van der Waals surface area contributed by atoms with Crippen LogP contribution in [0.25, 0.3) is 0 Å². The molecular weight excluding hydrogens is 264 g/mol. The van der Waals surface area contributed by atoms with Gasteiger partial charge < -0.3 is 15.8 Å². The Hall–Kier alpha value is -1.26. The number of hydrogen-bond acceptors (Lipinski definition) is 3. The van der Waals surface area contributed by atoms with Crippen LogP contribution in [0.15, 0.2) is 18.2 Å². The molecule has 0 aromatic heterocycles. The number of carbonyl (C=O) groups is 1. The zero-order chi connectivity index (χ0) is 13.8. The fourth-order valence-corrected chi connectivity index (χ4v) is 2.11. The summed E-state index contributed by atoms with van der Waals surface area (Å²) >= 11 is 6.12. The summed E-state index contributed by atoms with van der Waals surface area (Å²) in [5.74, 6) is 0.460. The number of carbonyl (C=O) groups excluding carboxylic acids is 1. The van der Waals surface area contributed by atoms with Crippen molar-refractivity contribution in [3.63, 3.8) is 0 Å². The Morgan fingerprint density at radius 2 is 2.32 bits per heavy atom. The number of nitrogens with two attached hydrogens (primary N) is 1. The van der Waals surface area contributed by atoms with E-state index in [9.17, 15) is 4.79 Å². The van der Waals surface area contributed by atoms with E-state index in [0.717, 1.165) is 18.4 Å². The highest BCUT2D eigenvalue weighted by atomic mass is 35.5. The second kappa shape index (κ2) is 6.26. The van der Waals surface area contributed by atoms with Gasteiger partial charge in [0.1, 0.15) is 5.75 Å². The van der Waals surface area contributed by atoms with Gasteiger partial charge in [0.2, 0.25) is 0 Å². The molecule has 1 amide bonds. The molecule has 5 heteroatoms. The van der Waals surface area contributed by atoms with Crippen LogP contribution in [-0.2, 0) is 11.2 Å². The van der Waals surface area contributed by atoms with Gasteiger partial charge in [-0.3, -0.25) is 4.79 Å². The van der Waals surface area contributed by atoms with Crippen molar-refractivity contribution >= 4 is 17.5 Å². The summed E-state index contributed by atoms with van der Waals surface area (Å²) in [7, 11) is 0. The predicted molar refractivity (Wildman–Crippen MR) is 75.5 cm³/mol. The van der Waals surface area contributed by atoms with E-state index in [1.807, 2.05) is 19.1 Å². The number of amides is 1. The van der Waals surface area contributed by atoms with Crippen LogP contribution in [0, 0.1) is 0 Å². The lowest BCUT2D eigenvalue weighted by molar-refractivity contribution is -0.123. The summed E-state index contributed by atoms with van der Waals surface area (Å²) in [6.07, 6.45) is 2.79. The van der Waals surface area contributed by atoms with Crippen molar-refractivity contribution in [2.24, 2.45) is 5.73 Å². The highest BCUT2D eigenvalue weighted by molar-refractivity contribution is 6.32. The van der Waals surface area contributed by atoms with Gasteiger partial charge in [0, 0.05) is 12.1 Å². The number of nitrogens with one attached hydrogen (secondary N) is 1. The Morgan fingerprint density at radius 3 is 2.95 bits per heavy atom. The van der Waals surface area contributed by atoms with Crippen LogP contribution in [0.1, 0.15) is 25.3 Å². The number of hydrogen-bond donors (Lipinski definition) is 2. The summed E-state index contributed by atoms with van der Waals surface area (Å²) in [6.45, 7) is 1.91. The van der Waals surface area contributed by atoms with Crippen LogP contribution in [0.3, 0.4) is 0 Å². The minimum absolute atomic E-state index is 0.00775. The molecule has 1 aromatic carbocycles. The lowest BCUT2D eigenvalue weighted by Gasteiger charge is -2.14. The summed E-state index contributed by atoms with van der Waals surface area (Å²) in [6, 6.07) is 5.88. The van der Waals surface area contributed by atoms with E-state index in [2.05, 4.69) is 5.32 Å². The Morgan fingerprint density at radius 1 is 1.58 bits per heavy atom.